The van der Waals surface area contributed by atoms with Gasteiger partial charge < -0.3 is 25.3 Å². The van der Waals surface area contributed by atoms with Crippen LogP contribution < -0.4 is 15.5 Å². The lowest BCUT2D eigenvalue weighted by atomic mass is 10.0. The zero-order valence-electron chi connectivity index (χ0n) is 20.7. The number of hydrogen-bond acceptors (Lipinski definition) is 5. The van der Waals surface area contributed by atoms with Crippen molar-refractivity contribution in [1.82, 2.24) is 15.6 Å². The molecule has 8 nitrogen and oxygen atoms in total. The summed E-state index contributed by atoms with van der Waals surface area (Å²) in [5.74, 6) is -0.0525. The summed E-state index contributed by atoms with van der Waals surface area (Å²) in [5, 5.41) is 6.33. The number of anilines is 1. The lowest BCUT2D eigenvalue weighted by molar-refractivity contribution is -0.147. The van der Waals surface area contributed by atoms with E-state index in [4.69, 9.17) is 27.9 Å². The van der Waals surface area contributed by atoms with Crippen LogP contribution in [0.25, 0.3) is 10.9 Å². The Morgan fingerprint density at radius 2 is 1.73 bits per heavy atom. The summed E-state index contributed by atoms with van der Waals surface area (Å²) in [6.45, 7) is 3.23. The van der Waals surface area contributed by atoms with E-state index < -0.39 is 24.0 Å². The highest BCUT2D eigenvalue weighted by Gasteiger charge is 2.27. The lowest BCUT2D eigenvalue weighted by Gasteiger charge is -2.24. The molecule has 0 saturated heterocycles. The van der Waals surface area contributed by atoms with Crippen LogP contribution in [0, 0.1) is 0 Å². The highest BCUT2D eigenvalue weighted by molar-refractivity contribution is 6.18. The van der Waals surface area contributed by atoms with Gasteiger partial charge in [0.05, 0.1) is 6.61 Å². The zero-order valence-corrected chi connectivity index (χ0v) is 22.2. The Labute approximate surface area is 226 Å². The van der Waals surface area contributed by atoms with Gasteiger partial charge in [-0.25, -0.2) is 4.79 Å². The number of nitrogens with zero attached hydrogens (tertiary/aromatic N) is 1. The molecular formula is C27H32Cl2N4O4. The Morgan fingerprint density at radius 3 is 2.38 bits per heavy atom. The van der Waals surface area contributed by atoms with Crippen molar-refractivity contribution in [3.05, 3.63) is 65.9 Å². The first-order valence-electron chi connectivity index (χ1n) is 12.2. The van der Waals surface area contributed by atoms with E-state index in [0.717, 1.165) is 27.7 Å². The van der Waals surface area contributed by atoms with Crippen molar-refractivity contribution in [2.24, 2.45) is 0 Å². The Morgan fingerprint density at radius 1 is 1.03 bits per heavy atom. The number of aromatic amines is 1. The molecule has 0 aliphatic heterocycles. The maximum atomic E-state index is 13.2. The molecule has 2 unspecified atom stereocenters. The van der Waals surface area contributed by atoms with Crippen LogP contribution in [0.5, 0.6) is 0 Å². The average Bonchev–Trinajstić information content (AvgIpc) is 3.31. The minimum absolute atomic E-state index is 0.186. The molecule has 2 atom stereocenters. The molecule has 0 spiro atoms. The van der Waals surface area contributed by atoms with Crippen molar-refractivity contribution in [3.63, 3.8) is 0 Å². The van der Waals surface area contributed by atoms with Crippen LogP contribution in [0.2, 0.25) is 0 Å². The number of benzene rings is 2. The number of rotatable bonds is 15. The number of hydrogen-bond donors (Lipinski definition) is 3. The van der Waals surface area contributed by atoms with Gasteiger partial charge in [0.1, 0.15) is 12.1 Å². The number of esters is 1. The molecule has 3 aromatic rings. The minimum Gasteiger partial charge on any atom is -0.464 e. The number of carbonyl (C=O) groups excluding carboxylic acids is 3. The fraction of sp³-hybridized carbons (Fsp3) is 0.370. The highest BCUT2D eigenvalue weighted by atomic mass is 35.5. The Balaban J connectivity index is 1.73. The molecule has 0 fully saturated rings. The molecule has 2 amide bonds. The van der Waals surface area contributed by atoms with Crippen LogP contribution in [0.1, 0.15) is 18.1 Å². The van der Waals surface area contributed by atoms with Gasteiger partial charge in [-0.1, -0.05) is 30.3 Å². The molecule has 3 N–H and O–H groups in total. The maximum absolute atomic E-state index is 13.2. The lowest BCUT2D eigenvalue weighted by Crippen LogP contribution is -2.52. The van der Waals surface area contributed by atoms with Gasteiger partial charge in [0.25, 0.3) is 0 Å². The second kappa shape index (κ2) is 14.5. The van der Waals surface area contributed by atoms with Gasteiger partial charge in [-0.3, -0.25) is 9.59 Å². The topological polar surface area (TPSA) is 104 Å². The van der Waals surface area contributed by atoms with Gasteiger partial charge in [-0.2, -0.15) is 0 Å². The normalized spacial score (nSPS) is 12.5. The van der Waals surface area contributed by atoms with E-state index in [2.05, 4.69) is 20.5 Å². The van der Waals surface area contributed by atoms with Crippen molar-refractivity contribution in [3.8, 4) is 0 Å². The van der Waals surface area contributed by atoms with E-state index in [1.165, 1.54) is 0 Å². The van der Waals surface area contributed by atoms with Gasteiger partial charge in [0.15, 0.2) is 0 Å². The van der Waals surface area contributed by atoms with E-state index >= 15 is 0 Å². The van der Waals surface area contributed by atoms with Crippen LogP contribution in [0.4, 0.5) is 5.69 Å². The minimum atomic E-state index is -0.912. The summed E-state index contributed by atoms with van der Waals surface area (Å²) in [6.07, 6.45) is 2.80. The summed E-state index contributed by atoms with van der Waals surface area (Å²) in [6, 6.07) is 13.6. The van der Waals surface area contributed by atoms with Gasteiger partial charge in [-0.05, 0) is 36.2 Å². The molecule has 37 heavy (non-hydrogen) atoms. The molecular weight excluding hydrogens is 515 g/mol. The van der Waals surface area contributed by atoms with Crippen molar-refractivity contribution >= 4 is 58.1 Å². The largest absolute Gasteiger partial charge is 0.464 e. The third kappa shape index (κ3) is 7.87. The number of H-pyrrole nitrogens is 1. The number of fused-ring (bicyclic) bond motifs is 1. The van der Waals surface area contributed by atoms with Crippen molar-refractivity contribution < 1.29 is 19.1 Å². The molecule has 198 valence electrons. The summed E-state index contributed by atoms with van der Waals surface area (Å²) < 4.78 is 5.22. The second-order valence-electron chi connectivity index (χ2n) is 8.45. The first kappa shape index (κ1) is 28.3. The summed E-state index contributed by atoms with van der Waals surface area (Å²) >= 11 is 11.8. The summed E-state index contributed by atoms with van der Waals surface area (Å²) in [7, 11) is 0. The van der Waals surface area contributed by atoms with E-state index in [1.807, 2.05) is 54.7 Å². The van der Waals surface area contributed by atoms with Crippen molar-refractivity contribution in [2.75, 3.05) is 36.4 Å². The zero-order chi connectivity index (χ0) is 26.6. The summed E-state index contributed by atoms with van der Waals surface area (Å²) in [5.41, 5.74) is 3.63. The molecule has 10 heteroatoms. The summed E-state index contributed by atoms with van der Waals surface area (Å²) in [4.78, 5) is 42.5. The van der Waals surface area contributed by atoms with Crippen molar-refractivity contribution in [1.29, 1.82) is 0 Å². The van der Waals surface area contributed by atoms with Gasteiger partial charge in [0.2, 0.25) is 12.3 Å². The van der Waals surface area contributed by atoms with Gasteiger partial charge in [0, 0.05) is 60.5 Å². The van der Waals surface area contributed by atoms with E-state index in [-0.39, 0.29) is 19.4 Å². The number of aromatic nitrogens is 1. The first-order chi connectivity index (χ1) is 18.0. The molecule has 0 radical (unpaired) electrons. The van der Waals surface area contributed by atoms with Crippen LogP contribution >= 0.6 is 23.2 Å². The van der Waals surface area contributed by atoms with E-state index in [0.29, 0.717) is 31.3 Å². The Bertz CT molecular complexity index is 1160. The number of alkyl halides is 2. The van der Waals surface area contributed by atoms with Gasteiger partial charge >= 0.3 is 5.97 Å². The number of ether oxygens (including phenoxy) is 1. The average molecular weight is 547 g/mol. The van der Waals surface area contributed by atoms with Crippen LogP contribution in [0.15, 0.2) is 54.7 Å². The van der Waals surface area contributed by atoms with Crippen molar-refractivity contribution in [2.45, 2.75) is 31.8 Å². The molecule has 0 aliphatic carbocycles. The molecule has 3 rings (SSSR count). The smallest absolute Gasteiger partial charge is 0.328 e. The number of para-hydroxylation sites is 1. The van der Waals surface area contributed by atoms with E-state index in [1.54, 1.807) is 6.92 Å². The number of amides is 2. The fourth-order valence-electron chi connectivity index (χ4n) is 4.19. The van der Waals surface area contributed by atoms with Crippen LogP contribution in [-0.2, 0) is 32.0 Å². The first-order valence-corrected chi connectivity index (χ1v) is 13.2. The Kier molecular flexibility index (Phi) is 11.1. The standard InChI is InChI=1S/C27H32Cl2N4O4/c1-2-37-27(36)25(16-20-17-30-23-6-4-3-5-22(20)23)32-26(35)24(31-18-34)15-19-7-9-21(10-8-19)33(13-11-28)14-12-29/h3-10,17-18,24-25,30H,2,11-16H2,1H3,(H,31,34)(H,32,35). The molecule has 0 saturated carbocycles. The number of halogens is 2. The molecule has 1 aromatic heterocycles. The molecule has 2 aromatic carbocycles. The third-order valence-electron chi connectivity index (χ3n) is 6.02. The third-order valence-corrected chi connectivity index (χ3v) is 6.36. The van der Waals surface area contributed by atoms with E-state index in [9.17, 15) is 14.4 Å². The maximum Gasteiger partial charge on any atom is 0.328 e. The highest BCUT2D eigenvalue weighted by Crippen LogP contribution is 2.20. The predicted octanol–water partition coefficient (Wildman–Crippen LogP) is 3.40. The van der Waals surface area contributed by atoms with Crippen LogP contribution in [0.3, 0.4) is 0 Å². The number of nitrogens with one attached hydrogen (secondary N) is 3. The SMILES string of the molecule is CCOC(=O)C(Cc1c[nH]c2ccccc12)NC(=O)C(Cc1ccc(N(CCCl)CCCl)cc1)NC=O. The molecule has 0 bridgehead atoms. The monoisotopic (exact) mass is 546 g/mol. The van der Waals surface area contributed by atoms with Gasteiger partial charge in [-0.15, -0.1) is 23.2 Å². The predicted molar refractivity (Wildman–Crippen MR) is 147 cm³/mol. The molecule has 0 aliphatic rings. The fourth-order valence-corrected chi connectivity index (χ4v) is 4.60. The second-order valence-corrected chi connectivity index (χ2v) is 9.21. The molecule has 1 heterocycles. The quantitative estimate of drug-likeness (QED) is 0.154. The number of carbonyl (C=O) groups is 3. The Hall–Kier alpha value is -3.23. The van der Waals surface area contributed by atoms with Crippen LogP contribution in [-0.4, -0.2) is 66.8 Å².